The Labute approximate surface area is 206 Å². The summed E-state index contributed by atoms with van der Waals surface area (Å²) in [6.45, 7) is 5.25. The van der Waals surface area contributed by atoms with Crippen molar-refractivity contribution >= 4 is 27.3 Å². The lowest BCUT2D eigenvalue weighted by molar-refractivity contribution is -0.126. The van der Waals surface area contributed by atoms with Crippen LogP contribution in [0.2, 0.25) is 5.02 Å². The molecule has 0 aliphatic rings. The minimum Gasteiger partial charge on any atom is -0.493 e. The molecule has 0 radical (unpaired) electrons. The van der Waals surface area contributed by atoms with Crippen LogP contribution in [0.15, 0.2) is 42.5 Å². The molecule has 0 saturated carbocycles. The predicted octanol–water partition coefficient (Wildman–Crippen LogP) is 3.18. The maximum atomic E-state index is 12.7. The number of amides is 1. The van der Waals surface area contributed by atoms with Gasteiger partial charge in [0.1, 0.15) is 6.61 Å². The largest absolute Gasteiger partial charge is 0.493 e. The molecule has 2 aromatic rings. The van der Waals surface area contributed by atoms with Gasteiger partial charge in [0.15, 0.2) is 21.3 Å². The average molecular weight is 507 g/mol. The minimum absolute atomic E-state index is 0.172. The fourth-order valence-corrected chi connectivity index (χ4v) is 4.94. The summed E-state index contributed by atoms with van der Waals surface area (Å²) in [5.41, 5.74) is 6.81. The van der Waals surface area contributed by atoms with Crippen molar-refractivity contribution < 1.29 is 22.7 Å². The van der Waals surface area contributed by atoms with Gasteiger partial charge in [0.25, 0.3) is 5.91 Å². The lowest BCUT2D eigenvalue weighted by Gasteiger charge is -2.38. The zero-order valence-electron chi connectivity index (χ0n) is 20.1. The number of nitrogens with two attached hydrogens (primary N) is 1. The predicted molar refractivity (Wildman–Crippen MR) is 135 cm³/mol. The van der Waals surface area contributed by atoms with Crippen molar-refractivity contribution in [1.29, 1.82) is 0 Å². The van der Waals surface area contributed by atoms with Gasteiger partial charge in [-0.15, -0.1) is 0 Å². The number of benzene rings is 2. The van der Waals surface area contributed by atoms with Gasteiger partial charge < -0.3 is 20.5 Å². The number of nitrogens with one attached hydrogen (secondary N) is 1. The first kappa shape index (κ1) is 27.5. The normalized spacial score (nSPS) is 13.3. The average Bonchev–Trinajstić information content (AvgIpc) is 2.76. The molecule has 0 bridgehead atoms. The van der Waals surface area contributed by atoms with Crippen LogP contribution in [0.25, 0.3) is 0 Å². The number of halogens is 1. The van der Waals surface area contributed by atoms with E-state index in [-0.39, 0.29) is 13.2 Å². The molecule has 2 aromatic carbocycles. The van der Waals surface area contributed by atoms with Gasteiger partial charge in [-0.2, -0.15) is 0 Å². The highest BCUT2D eigenvalue weighted by Crippen LogP contribution is 2.33. The summed E-state index contributed by atoms with van der Waals surface area (Å²) in [6, 6.07) is 12.6. The standard InChI is InChI=1S/C25H31ClN2O5S/c1-24(2,3)25(27,34(5,30)31)23(29)28-15-14-19-10-13-21(22(17-19)32-4)33-16-6-7-18-8-11-20(26)12-9-18/h8-13,17H,14-16,27H2,1-5H3,(H,28,29). The van der Waals surface area contributed by atoms with Gasteiger partial charge in [-0.3, -0.25) is 4.79 Å². The molecule has 0 aromatic heterocycles. The molecule has 2 rings (SSSR count). The van der Waals surface area contributed by atoms with E-state index in [2.05, 4.69) is 17.2 Å². The first-order valence-corrected chi connectivity index (χ1v) is 12.9. The number of carbonyl (C=O) groups excluding carboxylic acids is 1. The molecule has 0 saturated heterocycles. The highest BCUT2D eigenvalue weighted by molar-refractivity contribution is 7.92. The van der Waals surface area contributed by atoms with Gasteiger partial charge in [-0.1, -0.05) is 50.3 Å². The number of ether oxygens (including phenoxy) is 2. The van der Waals surface area contributed by atoms with E-state index in [1.807, 2.05) is 18.2 Å². The third-order valence-electron chi connectivity index (χ3n) is 5.34. The summed E-state index contributed by atoms with van der Waals surface area (Å²) in [5, 5.41) is 3.31. The van der Waals surface area contributed by atoms with Crippen LogP contribution in [0.1, 0.15) is 31.9 Å². The number of sulfone groups is 1. The smallest absolute Gasteiger partial charge is 0.256 e. The summed E-state index contributed by atoms with van der Waals surface area (Å²) in [7, 11) is -2.32. The van der Waals surface area contributed by atoms with E-state index in [1.165, 1.54) is 7.11 Å². The zero-order valence-corrected chi connectivity index (χ0v) is 21.6. The van der Waals surface area contributed by atoms with E-state index < -0.39 is 26.0 Å². The topological polar surface area (TPSA) is 108 Å². The summed E-state index contributed by atoms with van der Waals surface area (Å²) >= 11 is 5.86. The quantitative estimate of drug-likeness (QED) is 0.532. The lowest BCUT2D eigenvalue weighted by atomic mass is 9.86. The van der Waals surface area contributed by atoms with E-state index in [0.717, 1.165) is 17.4 Å². The molecule has 184 valence electrons. The van der Waals surface area contributed by atoms with Gasteiger partial charge in [0.05, 0.1) is 7.11 Å². The van der Waals surface area contributed by atoms with E-state index in [9.17, 15) is 13.2 Å². The van der Waals surface area contributed by atoms with Crippen molar-refractivity contribution in [1.82, 2.24) is 5.32 Å². The van der Waals surface area contributed by atoms with Gasteiger partial charge in [-0.05, 0) is 48.4 Å². The second-order valence-electron chi connectivity index (χ2n) is 8.85. The summed E-state index contributed by atoms with van der Waals surface area (Å²) in [4.78, 5) is 10.7. The highest BCUT2D eigenvalue weighted by Gasteiger charge is 2.53. The third kappa shape index (κ3) is 6.66. The minimum atomic E-state index is -3.85. The number of hydrogen-bond acceptors (Lipinski definition) is 6. The van der Waals surface area contributed by atoms with Crippen LogP contribution in [0.3, 0.4) is 0 Å². The Balaban J connectivity index is 1.99. The molecule has 0 aliphatic heterocycles. The second kappa shape index (κ2) is 11.1. The Morgan fingerprint density at radius 2 is 1.76 bits per heavy atom. The molecule has 0 spiro atoms. The van der Waals surface area contributed by atoms with E-state index >= 15 is 0 Å². The van der Waals surface area contributed by atoms with Crippen LogP contribution in [0, 0.1) is 17.3 Å². The molecular formula is C25H31ClN2O5S. The molecule has 1 atom stereocenters. The number of rotatable bonds is 8. The van der Waals surface area contributed by atoms with Gasteiger partial charge in [0, 0.05) is 28.8 Å². The maximum absolute atomic E-state index is 12.7. The highest BCUT2D eigenvalue weighted by atomic mass is 35.5. The van der Waals surface area contributed by atoms with Crippen molar-refractivity contribution in [2.24, 2.45) is 11.1 Å². The Kier molecular flexibility index (Phi) is 9.01. The summed E-state index contributed by atoms with van der Waals surface area (Å²) < 4.78 is 35.7. The molecular weight excluding hydrogens is 476 g/mol. The monoisotopic (exact) mass is 506 g/mol. The van der Waals surface area contributed by atoms with Gasteiger partial charge >= 0.3 is 0 Å². The Hall–Kier alpha value is -2.73. The van der Waals surface area contributed by atoms with Gasteiger partial charge in [-0.25, -0.2) is 8.42 Å². The van der Waals surface area contributed by atoms with E-state index in [4.69, 9.17) is 26.8 Å². The zero-order chi connectivity index (χ0) is 25.6. The molecule has 0 aliphatic carbocycles. The van der Waals surface area contributed by atoms with E-state index in [1.54, 1.807) is 45.0 Å². The fraction of sp³-hybridized carbons (Fsp3) is 0.400. The van der Waals surface area contributed by atoms with Crippen LogP contribution >= 0.6 is 11.6 Å². The molecule has 1 amide bonds. The Morgan fingerprint density at radius 1 is 1.12 bits per heavy atom. The Bertz CT molecular complexity index is 1180. The van der Waals surface area contributed by atoms with Crippen LogP contribution < -0.4 is 20.5 Å². The molecule has 9 heteroatoms. The third-order valence-corrected chi connectivity index (χ3v) is 7.56. The van der Waals surface area contributed by atoms with E-state index in [0.29, 0.717) is 22.9 Å². The molecule has 0 heterocycles. The molecule has 3 N–H and O–H groups in total. The van der Waals surface area contributed by atoms with Crippen molar-refractivity contribution in [2.75, 3.05) is 26.5 Å². The van der Waals surface area contributed by atoms with Crippen molar-refractivity contribution in [3.8, 4) is 23.3 Å². The van der Waals surface area contributed by atoms with Crippen molar-refractivity contribution in [2.45, 2.75) is 32.1 Å². The Morgan fingerprint density at radius 3 is 2.32 bits per heavy atom. The number of methoxy groups -OCH3 is 1. The molecule has 7 nitrogen and oxygen atoms in total. The molecule has 34 heavy (non-hydrogen) atoms. The number of carbonyl (C=O) groups is 1. The maximum Gasteiger partial charge on any atom is 0.256 e. The van der Waals surface area contributed by atoms with Gasteiger partial charge in [0.2, 0.25) is 4.87 Å². The SMILES string of the molecule is COc1cc(CCNC(=O)C(N)(C(C)(C)C)S(C)(=O)=O)ccc1OCC#Cc1ccc(Cl)cc1. The van der Waals surface area contributed by atoms with Crippen molar-refractivity contribution in [3.05, 3.63) is 58.6 Å². The van der Waals surface area contributed by atoms with Crippen LogP contribution in [-0.4, -0.2) is 45.7 Å². The summed E-state index contributed by atoms with van der Waals surface area (Å²) in [5.74, 6) is 6.27. The fourth-order valence-electron chi connectivity index (χ4n) is 3.29. The second-order valence-corrected chi connectivity index (χ2v) is 11.5. The first-order chi connectivity index (χ1) is 15.8. The lowest BCUT2D eigenvalue weighted by Crippen LogP contribution is -2.66. The first-order valence-electron chi connectivity index (χ1n) is 10.6. The van der Waals surface area contributed by atoms with Crippen LogP contribution in [-0.2, 0) is 21.1 Å². The van der Waals surface area contributed by atoms with Crippen molar-refractivity contribution in [3.63, 3.8) is 0 Å². The molecule has 0 fully saturated rings. The van der Waals surface area contributed by atoms with Crippen LogP contribution in [0.5, 0.6) is 11.5 Å². The molecule has 1 unspecified atom stereocenters. The summed E-state index contributed by atoms with van der Waals surface area (Å²) in [6.07, 6.45) is 1.42. The number of hydrogen-bond donors (Lipinski definition) is 2. The van der Waals surface area contributed by atoms with Crippen LogP contribution in [0.4, 0.5) is 0 Å².